The number of urea groups is 1. The second-order valence-corrected chi connectivity index (χ2v) is 7.28. The number of halogens is 2. The lowest BCUT2D eigenvalue weighted by atomic mass is 10.1. The molecule has 0 saturated carbocycles. The fraction of sp³-hybridized carbons (Fsp3) is 0.400. The van der Waals surface area contributed by atoms with E-state index in [2.05, 4.69) is 10.3 Å². The van der Waals surface area contributed by atoms with Gasteiger partial charge in [-0.15, -0.1) is 11.6 Å². The van der Waals surface area contributed by atoms with Crippen molar-refractivity contribution < 1.29 is 9.59 Å². The fourth-order valence-electron chi connectivity index (χ4n) is 2.73. The Bertz CT molecular complexity index is 700. The number of amidine groups is 1. The van der Waals surface area contributed by atoms with Crippen LogP contribution in [-0.4, -0.2) is 57.8 Å². The van der Waals surface area contributed by atoms with Crippen molar-refractivity contribution >= 4 is 52.1 Å². The zero-order valence-electron chi connectivity index (χ0n) is 12.9. The molecule has 6 nitrogen and oxygen atoms in total. The SMILES string of the molecule is CN1C(=O)NC(=O)C2C1N=C(SCCCl)N2Cc1ccccc1Cl. The maximum absolute atomic E-state index is 12.4. The second-order valence-electron chi connectivity index (χ2n) is 5.43. The summed E-state index contributed by atoms with van der Waals surface area (Å²) in [5, 5.41) is 3.70. The number of aliphatic imine (C=N–C) groups is 1. The van der Waals surface area contributed by atoms with Gasteiger partial charge in [-0.3, -0.25) is 10.1 Å². The van der Waals surface area contributed by atoms with Gasteiger partial charge in [-0.05, 0) is 11.6 Å². The van der Waals surface area contributed by atoms with E-state index in [1.165, 1.54) is 16.7 Å². The predicted molar refractivity (Wildman–Crippen MR) is 96.5 cm³/mol. The monoisotopic (exact) mass is 386 g/mol. The van der Waals surface area contributed by atoms with Crippen molar-refractivity contribution in [3.05, 3.63) is 34.9 Å². The maximum atomic E-state index is 12.4. The van der Waals surface area contributed by atoms with Crippen LogP contribution in [0.2, 0.25) is 5.02 Å². The lowest BCUT2D eigenvalue weighted by molar-refractivity contribution is -0.127. The van der Waals surface area contributed by atoms with Crippen molar-refractivity contribution in [3.8, 4) is 0 Å². The minimum atomic E-state index is -0.568. The minimum absolute atomic E-state index is 0.347. The van der Waals surface area contributed by atoms with Gasteiger partial charge in [-0.25, -0.2) is 9.79 Å². The first-order valence-corrected chi connectivity index (χ1v) is 9.27. The molecule has 1 aromatic rings. The Morgan fingerprint density at radius 1 is 1.33 bits per heavy atom. The molecule has 3 amide bonds. The molecule has 0 spiro atoms. The first-order valence-electron chi connectivity index (χ1n) is 7.37. The van der Waals surface area contributed by atoms with Crippen LogP contribution in [0.5, 0.6) is 0 Å². The molecule has 0 aliphatic carbocycles. The smallest absolute Gasteiger partial charge is 0.325 e. The first kappa shape index (κ1) is 17.4. The van der Waals surface area contributed by atoms with Crippen LogP contribution in [0.3, 0.4) is 0 Å². The summed E-state index contributed by atoms with van der Waals surface area (Å²) in [5.41, 5.74) is 0.895. The molecule has 2 atom stereocenters. The number of fused-ring (bicyclic) bond motifs is 1. The Labute approximate surface area is 154 Å². The summed E-state index contributed by atoms with van der Waals surface area (Å²) in [7, 11) is 1.63. The number of carbonyl (C=O) groups is 2. The number of alkyl halides is 1. The van der Waals surface area contributed by atoms with Gasteiger partial charge in [0.25, 0.3) is 5.91 Å². The third kappa shape index (κ3) is 3.20. The van der Waals surface area contributed by atoms with Crippen LogP contribution in [0.4, 0.5) is 4.79 Å². The number of imide groups is 1. The van der Waals surface area contributed by atoms with Crippen molar-refractivity contribution in [3.63, 3.8) is 0 Å². The molecule has 1 saturated heterocycles. The molecular formula is C15H16Cl2N4O2S. The Morgan fingerprint density at radius 3 is 2.79 bits per heavy atom. The van der Waals surface area contributed by atoms with Crippen molar-refractivity contribution in [2.24, 2.45) is 4.99 Å². The van der Waals surface area contributed by atoms with Gasteiger partial charge in [0, 0.05) is 30.2 Å². The third-order valence-electron chi connectivity index (χ3n) is 3.93. The average Bonchev–Trinajstić information content (AvgIpc) is 2.92. The molecular weight excluding hydrogens is 371 g/mol. The molecule has 2 aliphatic heterocycles. The van der Waals surface area contributed by atoms with E-state index in [4.69, 9.17) is 23.2 Å². The van der Waals surface area contributed by atoms with Crippen LogP contribution in [-0.2, 0) is 11.3 Å². The molecule has 2 heterocycles. The number of hydrogen-bond donors (Lipinski definition) is 1. The van der Waals surface area contributed by atoms with Crippen molar-refractivity contribution in [2.75, 3.05) is 18.7 Å². The number of carbonyl (C=O) groups excluding carboxylic acids is 2. The molecule has 1 N–H and O–H groups in total. The van der Waals surface area contributed by atoms with Crippen molar-refractivity contribution in [1.82, 2.24) is 15.1 Å². The van der Waals surface area contributed by atoms with E-state index in [-0.39, 0.29) is 5.91 Å². The molecule has 1 aromatic carbocycles. The Morgan fingerprint density at radius 2 is 2.08 bits per heavy atom. The van der Waals surface area contributed by atoms with Gasteiger partial charge in [0.1, 0.15) is 0 Å². The summed E-state index contributed by atoms with van der Waals surface area (Å²) in [5.74, 6) is 0.790. The van der Waals surface area contributed by atoms with E-state index < -0.39 is 18.2 Å². The largest absolute Gasteiger partial charge is 0.331 e. The highest BCUT2D eigenvalue weighted by Gasteiger charge is 2.48. The summed E-state index contributed by atoms with van der Waals surface area (Å²) in [6, 6.07) is 6.47. The third-order valence-corrected chi connectivity index (χ3v) is 5.72. The zero-order valence-corrected chi connectivity index (χ0v) is 15.2. The molecule has 1 fully saturated rings. The van der Waals surface area contributed by atoms with Gasteiger partial charge in [-0.1, -0.05) is 41.6 Å². The van der Waals surface area contributed by atoms with Gasteiger partial charge in [0.05, 0.1) is 0 Å². The predicted octanol–water partition coefficient (Wildman–Crippen LogP) is 2.36. The number of hydrogen-bond acceptors (Lipinski definition) is 5. The summed E-state index contributed by atoms with van der Waals surface area (Å²) >= 11 is 13.5. The van der Waals surface area contributed by atoms with Crippen LogP contribution < -0.4 is 5.32 Å². The van der Waals surface area contributed by atoms with Gasteiger partial charge < -0.3 is 9.80 Å². The van der Waals surface area contributed by atoms with Crippen LogP contribution in [0.15, 0.2) is 29.3 Å². The molecule has 9 heteroatoms. The van der Waals surface area contributed by atoms with Crippen LogP contribution in [0.25, 0.3) is 0 Å². The molecule has 24 heavy (non-hydrogen) atoms. The molecule has 2 aliphatic rings. The number of likely N-dealkylation sites (N-methyl/N-ethyl adjacent to an activating group) is 1. The summed E-state index contributed by atoms with van der Waals surface area (Å²) in [4.78, 5) is 32.2. The fourth-order valence-corrected chi connectivity index (χ4v) is 3.94. The van der Waals surface area contributed by atoms with E-state index in [1.54, 1.807) is 7.05 Å². The highest BCUT2D eigenvalue weighted by atomic mass is 35.5. The van der Waals surface area contributed by atoms with Crippen LogP contribution in [0.1, 0.15) is 5.56 Å². The summed E-state index contributed by atoms with van der Waals surface area (Å²) in [6.45, 7) is 0.435. The number of nitrogens with one attached hydrogen (secondary N) is 1. The molecule has 0 aromatic heterocycles. The Balaban J connectivity index is 1.91. The van der Waals surface area contributed by atoms with Gasteiger partial charge in [-0.2, -0.15) is 0 Å². The first-order chi connectivity index (χ1) is 11.5. The molecule has 2 unspecified atom stereocenters. The molecule has 0 radical (unpaired) electrons. The molecule has 0 bridgehead atoms. The topological polar surface area (TPSA) is 65.0 Å². The van der Waals surface area contributed by atoms with Crippen LogP contribution >= 0.6 is 35.0 Å². The standard InChI is InChI=1S/C15H16Cl2N4O2S/c1-20-12-11(13(22)19-14(20)23)21(15(18-12)24-7-6-16)8-9-4-2-3-5-10(9)17/h2-5,11-12H,6-8H2,1H3,(H,19,22,23). The van der Waals surface area contributed by atoms with E-state index in [0.717, 1.165) is 5.56 Å². The van der Waals surface area contributed by atoms with Gasteiger partial charge in [0.15, 0.2) is 17.4 Å². The number of amides is 3. The second kappa shape index (κ2) is 7.21. The minimum Gasteiger partial charge on any atom is -0.331 e. The highest BCUT2D eigenvalue weighted by molar-refractivity contribution is 8.13. The molecule has 3 rings (SSSR count). The summed E-state index contributed by atoms with van der Waals surface area (Å²) in [6.07, 6.45) is -0.536. The van der Waals surface area contributed by atoms with Crippen LogP contribution in [0, 0.1) is 0 Å². The number of benzene rings is 1. The number of rotatable bonds is 4. The lowest BCUT2D eigenvalue weighted by Crippen LogP contribution is -2.63. The normalized spacial score (nSPS) is 23.2. The average molecular weight is 387 g/mol. The maximum Gasteiger partial charge on any atom is 0.325 e. The van der Waals surface area contributed by atoms with E-state index in [9.17, 15) is 9.59 Å². The van der Waals surface area contributed by atoms with Gasteiger partial charge in [0.2, 0.25) is 0 Å². The van der Waals surface area contributed by atoms with Crippen molar-refractivity contribution in [1.29, 1.82) is 0 Å². The number of nitrogens with zero attached hydrogens (tertiary/aromatic N) is 3. The Kier molecular flexibility index (Phi) is 5.22. The number of thioether (sulfide) groups is 1. The lowest BCUT2D eigenvalue weighted by Gasteiger charge is -2.36. The highest BCUT2D eigenvalue weighted by Crippen LogP contribution is 2.31. The van der Waals surface area contributed by atoms with E-state index in [1.807, 2.05) is 29.2 Å². The van der Waals surface area contributed by atoms with Crippen molar-refractivity contribution in [2.45, 2.75) is 18.8 Å². The van der Waals surface area contributed by atoms with Gasteiger partial charge >= 0.3 is 6.03 Å². The molecule has 128 valence electrons. The zero-order chi connectivity index (χ0) is 17.3. The Hall–Kier alpha value is -1.44. The quantitative estimate of drug-likeness (QED) is 0.806. The van der Waals surface area contributed by atoms with E-state index >= 15 is 0 Å². The van der Waals surface area contributed by atoms with E-state index in [0.29, 0.717) is 28.4 Å². The summed E-state index contributed by atoms with van der Waals surface area (Å²) < 4.78 is 0.